The minimum atomic E-state index is -0.338. The molecule has 25 heavy (non-hydrogen) atoms. The van der Waals surface area contributed by atoms with Gasteiger partial charge in [-0.2, -0.15) is 0 Å². The Morgan fingerprint density at radius 1 is 0.840 bits per heavy atom. The molecule has 0 atom stereocenters. The fourth-order valence-electron chi connectivity index (χ4n) is 3.03. The molecule has 7 heteroatoms. The molecule has 0 spiro atoms. The Hall–Kier alpha value is -1.50. The second-order valence-electron chi connectivity index (χ2n) is 6.65. The quantitative estimate of drug-likeness (QED) is 0.478. The second kappa shape index (κ2) is 9.27. The summed E-state index contributed by atoms with van der Waals surface area (Å²) in [4.78, 5) is 28.9. The van der Waals surface area contributed by atoms with Gasteiger partial charge < -0.3 is 4.57 Å². The largest absolute Gasteiger partial charge is 0.332 e. The number of aryl methyl sites for hydroxylation is 2. The molecule has 0 unspecified atom stereocenters. The van der Waals surface area contributed by atoms with Gasteiger partial charge in [-0.15, -0.1) is 0 Å². The van der Waals surface area contributed by atoms with E-state index in [1.54, 1.807) is 18.8 Å². The molecule has 0 aliphatic carbocycles. The number of rotatable bonds is 10. The summed E-state index contributed by atoms with van der Waals surface area (Å²) < 4.78 is 4.39. The Bertz CT molecular complexity index is 819. The van der Waals surface area contributed by atoms with Crippen molar-refractivity contribution in [1.29, 1.82) is 0 Å². The van der Waals surface area contributed by atoms with Gasteiger partial charge >= 0.3 is 5.69 Å². The third-order valence-electron chi connectivity index (χ3n) is 4.66. The first-order valence-electron chi connectivity index (χ1n) is 9.24. The summed E-state index contributed by atoms with van der Waals surface area (Å²) >= 11 is 1.66. The first-order valence-corrected chi connectivity index (χ1v) is 10.2. The summed E-state index contributed by atoms with van der Waals surface area (Å²) in [6, 6.07) is 0. The average molecular weight is 367 g/mol. The maximum absolute atomic E-state index is 12.3. The number of fused-ring (bicyclic) bond motifs is 1. The van der Waals surface area contributed by atoms with Crippen molar-refractivity contribution in [3.8, 4) is 0 Å². The maximum Gasteiger partial charge on any atom is 0.332 e. The van der Waals surface area contributed by atoms with Gasteiger partial charge in [0.1, 0.15) is 0 Å². The van der Waals surface area contributed by atoms with Crippen molar-refractivity contribution in [3.05, 3.63) is 20.8 Å². The summed E-state index contributed by atoms with van der Waals surface area (Å²) in [6.07, 6.45) is 10.4. The molecule has 0 fully saturated rings. The van der Waals surface area contributed by atoms with Crippen molar-refractivity contribution in [3.63, 3.8) is 0 Å². The Balaban J connectivity index is 1.91. The van der Waals surface area contributed by atoms with Crippen LogP contribution in [-0.2, 0) is 21.1 Å². The van der Waals surface area contributed by atoms with E-state index < -0.39 is 0 Å². The highest BCUT2D eigenvalue weighted by atomic mass is 32.2. The van der Waals surface area contributed by atoms with Crippen LogP contribution in [-0.4, -0.2) is 24.4 Å². The molecule has 0 radical (unpaired) electrons. The highest BCUT2D eigenvalue weighted by Crippen LogP contribution is 2.21. The van der Waals surface area contributed by atoms with E-state index in [0.717, 1.165) is 21.9 Å². The minimum absolute atomic E-state index is 0.285. The zero-order chi connectivity index (χ0) is 18.4. The highest BCUT2D eigenvalue weighted by molar-refractivity contribution is 7.99. The van der Waals surface area contributed by atoms with Crippen LogP contribution < -0.4 is 11.2 Å². The molecule has 0 aliphatic heterocycles. The van der Waals surface area contributed by atoms with Gasteiger partial charge in [0.25, 0.3) is 5.56 Å². The smallest absolute Gasteiger partial charge is 0.316 e. The summed E-state index contributed by atoms with van der Waals surface area (Å²) in [6.45, 7) is 2.24. The molecule has 0 N–H and O–H groups in total. The van der Waals surface area contributed by atoms with E-state index in [0.29, 0.717) is 11.2 Å². The lowest BCUT2D eigenvalue weighted by Gasteiger charge is -2.04. The van der Waals surface area contributed by atoms with Gasteiger partial charge in [-0.3, -0.25) is 13.9 Å². The summed E-state index contributed by atoms with van der Waals surface area (Å²) in [5.41, 5.74) is 0.333. The second-order valence-corrected chi connectivity index (χ2v) is 7.72. The van der Waals surface area contributed by atoms with Gasteiger partial charge in [-0.1, -0.05) is 63.6 Å². The molecular weight excluding hydrogens is 336 g/mol. The average Bonchev–Trinajstić information content (AvgIpc) is 2.93. The molecule has 2 aromatic rings. The molecule has 0 amide bonds. The van der Waals surface area contributed by atoms with Crippen LogP contribution in [0.2, 0.25) is 0 Å². The van der Waals surface area contributed by atoms with Crippen LogP contribution in [0.3, 0.4) is 0 Å². The van der Waals surface area contributed by atoms with E-state index in [1.807, 2.05) is 11.6 Å². The van der Waals surface area contributed by atoms with Gasteiger partial charge in [-0.25, -0.2) is 9.78 Å². The Morgan fingerprint density at radius 2 is 1.44 bits per heavy atom. The molecular formula is C18H30N4O2S. The van der Waals surface area contributed by atoms with Crippen molar-refractivity contribution in [1.82, 2.24) is 18.7 Å². The number of thioether (sulfide) groups is 1. The van der Waals surface area contributed by atoms with Crippen LogP contribution in [0.15, 0.2) is 14.7 Å². The first kappa shape index (κ1) is 19.8. The van der Waals surface area contributed by atoms with Gasteiger partial charge in [0.2, 0.25) is 0 Å². The fourth-order valence-corrected chi connectivity index (χ4v) is 3.99. The summed E-state index contributed by atoms with van der Waals surface area (Å²) in [5, 5.41) is 0.802. The lowest BCUT2D eigenvalue weighted by atomic mass is 10.1. The molecule has 0 aromatic carbocycles. The SMILES string of the molecule is CCCCCCCCCCSc1nc2c(c(=O)n(C)c(=O)n2C)n1C. The van der Waals surface area contributed by atoms with Crippen molar-refractivity contribution in [2.24, 2.45) is 21.1 Å². The van der Waals surface area contributed by atoms with Gasteiger partial charge in [0.15, 0.2) is 16.3 Å². The van der Waals surface area contributed by atoms with E-state index in [2.05, 4.69) is 11.9 Å². The molecule has 140 valence electrons. The Morgan fingerprint density at radius 3 is 2.08 bits per heavy atom. The lowest BCUT2D eigenvalue weighted by Crippen LogP contribution is -2.37. The molecule has 0 saturated heterocycles. The normalized spacial score (nSPS) is 11.5. The van der Waals surface area contributed by atoms with Crippen LogP contribution in [0.5, 0.6) is 0 Å². The topological polar surface area (TPSA) is 61.8 Å². The molecule has 0 saturated carbocycles. The minimum Gasteiger partial charge on any atom is -0.316 e. The number of unbranched alkanes of at least 4 members (excludes halogenated alkanes) is 7. The van der Waals surface area contributed by atoms with Gasteiger partial charge in [-0.05, 0) is 6.42 Å². The zero-order valence-corrected chi connectivity index (χ0v) is 16.7. The highest BCUT2D eigenvalue weighted by Gasteiger charge is 2.16. The van der Waals surface area contributed by atoms with Crippen molar-refractivity contribution >= 4 is 22.9 Å². The molecule has 2 heterocycles. The van der Waals surface area contributed by atoms with Crippen LogP contribution >= 0.6 is 11.8 Å². The molecule has 2 aromatic heterocycles. The monoisotopic (exact) mass is 366 g/mol. The van der Waals surface area contributed by atoms with E-state index in [9.17, 15) is 9.59 Å². The van der Waals surface area contributed by atoms with E-state index in [1.165, 1.54) is 56.6 Å². The van der Waals surface area contributed by atoms with Crippen LogP contribution in [0.25, 0.3) is 11.2 Å². The van der Waals surface area contributed by atoms with Crippen LogP contribution in [0.4, 0.5) is 0 Å². The molecule has 6 nitrogen and oxygen atoms in total. The van der Waals surface area contributed by atoms with Gasteiger partial charge in [0, 0.05) is 26.9 Å². The molecule has 2 rings (SSSR count). The fraction of sp³-hybridized carbons (Fsp3) is 0.722. The van der Waals surface area contributed by atoms with Crippen molar-refractivity contribution < 1.29 is 0 Å². The number of hydrogen-bond acceptors (Lipinski definition) is 4. The number of imidazole rings is 1. The standard InChI is InChI=1S/C18H30N4O2S/c1-5-6-7-8-9-10-11-12-13-25-17-19-15-14(20(17)2)16(23)22(4)18(24)21(15)3/h5-13H2,1-4H3. The van der Waals surface area contributed by atoms with E-state index in [-0.39, 0.29) is 11.2 Å². The van der Waals surface area contributed by atoms with E-state index >= 15 is 0 Å². The van der Waals surface area contributed by atoms with Crippen LogP contribution in [0, 0.1) is 0 Å². The predicted molar refractivity (Wildman–Crippen MR) is 105 cm³/mol. The van der Waals surface area contributed by atoms with Crippen LogP contribution in [0.1, 0.15) is 58.3 Å². The zero-order valence-electron chi connectivity index (χ0n) is 15.9. The predicted octanol–water partition coefficient (Wildman–Crippen LogP) is 3.20. The molecule has 0 bridgehead atoms. The lowest BCUT2D eigenvalue weighted by molar-refractivity contribution is 0.586. The summed E-state index contributed by atoms with van der Waals surface area (Å²) in [7, 11) is 5.01. The maximum atomic E-state index is 12.3. The summed E-state index contributed by atoms with van der Waals surface area (Å²) in [5.74, 6) is 0.986. The number of aromatic nitrogens is 4. The number of hydrogen-bond donors (Lipinski definition) is 0. The van der Waals surface area contributed by atoms with Crippen molar-refractivity contribution in [2.75, 3.05) is 5.75 Å². The molecule has 0 aliphatic rings. The third-order valence-corrected chi connectivity index (χ3v) is 5.78. The van der Waals surface area contributed by atoms with E-state index in [4.69, 9.17) is 0 Å². The Labute approximate surface area is 153 Å². The number of nitrogens with zero attached hydrogens (tertiary/aromatic N) is 4. The first-order chi connectivity index (χ1) is 12.0. The van der Waals surface area contributed by atoms with Crippen molar-refractivity contribution in [2.45, 2.75) is 63.4 Å². The third kappa shape index (κ3) is 4.57. The van der Waals surface area contributed by atoms with Gasteiger partial charge in [0.05, 0.1) is 0 Å². The Kier molecular flexibility index (Phi) is 7.35.